The number of nitrogens with one attached hydrogen (secondary N) is 1. The largest absolute Gasteiger partial charge is 0.465 e. The van der Waals surface area contributed by atoms with Crippen molar-refractivity contribution in [1.29, 1.82) is 0 Å². The molecule has 0 radical (unpaired) electrons. The number of hydrogen-bond acceptors (Lipinski definition) is 6. The molecule has 0 aliphatic heterocycles. The van der Waals surface area contributed by atoms with E-state index in [0.29, 0.717) is 5.56 Å². The van der Waals surface area contributed by atoms with Gasteiger partial charge in [0, 0.05) is 18.0 Å². The molecule has 0 aliphatic rings. The molecule has 0 unspecified atom stereocenters. The van der Waals surface area contributed by atoms with Gasteiger partial charge < -0.3 is 14.8 Å². The van der Waals surface area contributed by atoms with Crippen molar-refractivity contribution in [2.75, 3.05) is 19.5 Å². The third-order valence-electron chi connectivity index (χ3n) is 3.04. The summed E-state index contributed by atoms with van der Waals surface area (Å²) in [6.07, 6.45) is 2.95. The summed E-state index contributed by atoms with van der Waals surface area (Å²) in [4.78, 5) is 39.5. The molecule has 1 aromatic heterocycles. The molecule has 1 heterocycles. The summed E-state index contributed by atoms with van der Waals surface area (Å²) < 4.78 is 9.31. The molecule has 0 aliphatic carbocycles. The van der Waals surface area contributed by atoms with Gasteiger partial charge in [0.2, 0.25) is 0 Å². The minimum absolute atomic E-state index is 0.127. The van der Waals surface area contributed by atoms with Crippen LogP contribution in [0.2, 0.25) is 0 Å². The van der Waals surface area contributed by atoms with Crippen molar-refractivity contribution in [2.24, 2.45) is 0 Å². The summed E-state index contributed by atoms with van der Waals surface area (Å²) in [5.41, 5.74) is 0.841. The standard InChI is InChI=1S/C16H14N2O5/c1-22-15(20)11-3-4-12(16(21)23-2)13(9-11)18-14(19)10-5-7-17-8-6-10/h3-9H,1-2H3,(H,18,19). The van der Waals surface area contributed by atoms with Gasteiger partial charge in [0.05, 0.1) is 31.0 Å². The third-order valence-corrected chi connectivity index (χ3v) is 3.04. The van der Waals surface area contributed by atoms with Crippen LogP contribution in [-0.4, -0.2) is 37.0 Å². The van der Waals surface area contributed by atoms with E-state index in [2.05, 4.69) is 19.8 Å². The lowest BCUT2D eigenvalue weighted by atomic mass is 10.1. The van der Waals surface area contributed by atoms with Gasteiger partial charge in [-0.2, -0.15) is 0 Å². The molecule has 0 bridgehead atoms. The number of hydrogen-bond donors (Lipinski definition) is 1. The number of carbonyl (C=O) groups is 3. The van der Waals surface area contributed by atoms with E-state index >= 15 is 0 Å². The fourth-order valence-corrected chi connectivity index (χ4v) is 1.88. The second kappa shape index (κ2) is 7.17. The summed E-state index contributed by atoms with van der Waals surface area (Å²) in [6.45, 7) is 0. The van der Waals surface area contributed by atoms with Crippen molar-refractivity contribution in [1.82, 2.24) is 4.98 Å². The van der Waals surface area contributed by atoms with Crippen molar-refractivity contribution in [3.8, 4) is 0 Å². The van der Waals surface area contributed by atoms with Gasteiger partial charge in [0.25, 0.3) is 5.91 Å². The van der Waals surface area contributed by atoms with Crippen LogP contribution in [0, 0.1) is 0 Å². The Kier molecular flexibility index (Phi) is 5.03. The first-order valence-electron chi connectivity index (χ1n) is 6.59. The number of amides is 1. The number of esters is 2. The highest BCUT2D eigenvalue weighted by Gasteiger charge is 2.17. The zero-order valence-corrected chi connectivity index (χ0v) is 12.5. The molecular weight excluding hydrogens is 300 g/mol. The maximum Gasteiger partial charge on any atom is 0.339 e. The van der Waals surface area contributed by atoms with Crippen LogP contribution in [0.1, 0.15) is 31.1 Å². The van der Waals surface area contributed by atoms with Crippen molar-refractivity contribution >= 4 is 23.5 Å². The first-order chi connectivity index (χ1) is 11.1. The van der Waals surface area contributed by atoms with E-state index in [1.807, 2.05) is 0 Å². The average Bonchev–Trinajstić information content (AvgIpc) is 2.61. The highest BCUT2D eigenvalue weighted by Crippen LogP contribution is 2.20. The summed E-state index contributed by atoms with van der Waals surface area (Å²) >= 11 is 0. The van der Waals surface area contributed by atoms with Gasteiger partial charge in [-0.25, -0.2) is 9.59 Å². The van der Waals surface area contributed by atoms with Crippen molar-refractivity contribution in [3.05, 3.63) is 59.4 Å². The van der Waals surface area contributed by atoms with E-state index in [4.69, 9.17) is 0 Å². The molecule has 2 aromatic rings. The SMILES string of the molecule is COC(=O)c1ccc(C(=O)OC)c(NC(=O)c2ccncc2)c1. The molecule has 7 heteroatoms. The Balaban J connectivity index is 2.39. The average molecular weight is 314 g/mol. The van der Waals surface area contributed by atoms with E-state index in [9.17, 15) is 14.4 Å². The molecule has 0 fully saturated rings. The van der Waals surface area contributed by atoms with E-state index in [1.165, 1.54) is 56.9 Å². The number of nitrogens with zero attached hydrogens (tertiary/aromatic N) is 1. The number of methoxy groups -OCH3 is 2. The normalized spacial score (nSPS) is 9.83. The molecule has 23 heavy (non-hydrogen) atoms. The summed E-state index contributed by atoms with van der Waals surface area (Å²) in [6, 6.07) is 7.21. The molecule has 0 atom stereocenters. The Labute approximate surface area is 132 Å². The van der Waals surface area contributed by atoms with E-state index < -0.39 is 17.8 Å². The molecule has 1 amide bonds. The summed E-state index contributed by atoms with van der Waals surface area (Å²) in [5, 5.41) is 2.59. The van der Waals surface area contributed by atoms with E-state index in [0.717, 1.165) is 0 Å². The number of ether oxygens (including phenoxy) is 2. The number of benzene rings is 1. The number of rotatable bonds is 4. The van der Waals surface area contributed by atoms with Crippen molar-refractivity contribution < 1.29 is 23.9 Å². The molecule has 1 N–H and O–H groups in total. The monoisotopic (exact) mass is 314 g/mol. The van der Waals surface area contributed by atoms with Crippen LogP contribution in [-0.2, 0) is 9.47 Å². The van der Waals surface area contributed by atoms with Gasteiger partial charge in [-0.15, -0.1) is 0 Å². The molecule has 0 spiro atoms. The summed E-state index contributed by atoms with van der Waals surface area (Å²) in [7, 11) is 2.47. The lowest BCUT2D eigenvalue weighted by molar-refractivity contribution is 0.0587. The summed E-state index contributed by atoms with van der Waals surface area (Å²) in [5.74, 6) is -1.66. The predicted octanol–water partition coefficient (Wildman–Crippen LogP) is 1.91. The van der Waals surface area contributed by atoms with Crippen LogP contribution < -0.4 is 5.32 Å². The van der Waals surface area contributed by atoms with Crippen LogP contribution in [0.4, 0.5) is 5.69 Å². The van der Waals surface area contributed by atoms with Gasteiger partial charge in [-0.3, -0.25) is 9.78 Å². The zero-order valence-electron chi connectivity index (χ0n) is 12.5. The number of anilines is 1. The van der Waals surface area contributed by atoms with Crippen molar-refractivity contribution in [3.63, 3.8) is 0 Å². The molecule has 118 valence electrons. The Bertz CT molecular complexity index is 743. The smallest absolute Gasteiger partial charge is 0.339 e. The second-order valence-corrected chi connectivity index (χ2v) is 4.43. The lowest BCUT2D eigenvalue weighted by Crippen LogP contribution is -2.16. The lowest BCUT2D eigenvalue weighted by Gasteiger charge is -2.11. The molecule has 0 saturated carbocycles. The highest BCUT2D eigenvalue weighted by molar-refractivity contribution is 6.08. The van der Waals surface area contributed by atoms with Gasteiger partial charge in [0.15, 0.2) is 0 Å². The van der Waals surface area contributed by atoms with Crippen LogP contribution in [0.5, 0.6) is 0 Å². The molecule has 1 aromatic carbocycles. The fraction of sp³-hybridized carbons (Fsp3) is 0.125. The quantitative estimate of drug-likeness (QED) is 0.866. The first kappa shape index (κ1) is 16.2. The second-order valence-electron chi connectivity index (χ2n) is 4.43. The maximum atomic E-state index is 12.2. The highest BCUT2D eigenvalue weighted by atomic mass is 16.5. The van der Waals surface area contributed by atoms with E-state index in [-0.39, 0.29) is 16.8 Å². The Morgan fingerprint density at radius 1 is 0.913 bits per heavy atom. The molecule has 7 nitrogen and oxygen atoms in total. The Hall–Kier alpha value is -3.22. The number of carbonyl (C=O) groups excluding carboxylic acids is 3. The van der Waals surface area contributed by atoms with Crippen LogP contribution in [0.25, 0.3) is 0 Å². The number of aromatic nitrogens is 1. The number of pyridine rings is 1. The Morgan fingerprint density at radius 3 is 2.17 bits per heavy atom. The van der Waals surface area contributed by atoms with E-state index in [1.54, 1.807) is 0 Å². The third kappa shape index (κ3) is 3.70. The fourth-order valence-electron chi connectivity index (χ4n) is 1.88. The van der Waals surface area contributed by atoms with Gasteiger partial charge >= 0.3 is 11.9 Å². The molecule has 0 saturated heterocycles. The van der Waals surface area contributed by atoms with Crippen LogP contribution in [0.15, 0.2) is 42.7 Å². The van der Waals surface area contributed by atoms with Crippen LogP contribution >= 0.6 is 0 Å². The minimum atomic E-state index is -0.633. The topological polar surface area (TPSA) is 94.6 Å². The molecular formula is C16H14N2O5. The first-order valence-corrected chi connectivity index (χ1v) is 6.59. The molecule has 2 rings (SSSR count). The van der Waals surface area contributed by atoms with Gasteiger partial charge in [-0.1, -0.05) is 0 Å². The predicted molar refractivity (Wildman–Crippen MR) is 81.3 cm³/mol. The van der Waals surface area contributed by atoms with Gasteiger partial charge in [0.1, 0.15) is 0 Å². The van der Waals surface area contributed by atoms with Gasteiger partial charge in [-0.05, 0) is 30.3 Å². The minimum Gasteiger partial charge on any atom is -0.465 e. The Morgan fingerprint density at radius 2 is 1.57 bits per heavy atom. The van der Waals surface area contributed by atoms with Crippen LogP contribution in [0.3, 0.4) is 0 Å². The zero-order chi connectivity index (χ0) is 16.8. The maximum absolute atomic E-state index is 12.2. The van der Waals surface area contributed by atoms with Crippen molar-refractivity contribution in [2.45, 2.75) is 0 Å².